The molecule has 3 aromatic rings. The number of hydrogen-bond donors (Lipinski definition) is 5. The predicted molar refractivity (Wildman–Crippen MR) is 137 cm³/mol. The molecule has 1 aromatic heterocycles. The first-order valence-corrected chi connectivity index (χ1v) is 11.7. The maximum Gasteiger partial charge on any atom is 0.326 e. The summed E-state index contributed by atoms with van der Waals surface area (Å²) in [5.41, 5.74) is 12.8. The molecule has 2 amide bonds. The SMILES string of the molecule is Cc1cc(NC(=O)Nc2nc(=O)c(-c3ccc(CN(CCCN)CCCN)cc3)c[nH]2)c(F)cc1F. The highest BCUT2D eigenvalue weighted by atomic mass is 19.1. The van der Waals surface area contributed by atoms with E-state index in [0.29, 0.717) is 30.3 Å². The Bertz CT molecular complexity index is 1220. The van der Waals surface area contributed by atoms with Gasteiger partial charge in [0, 0.05) is 18.8 Å². The summed E-state index contributed by atoms with van der Waals surface area (Å²) in [5, 5.41) is 4.60. The molecule has 7 N–H and O–H groups in total. The van der Waals surface area contributed by atoms with Gasteiger partial charge in [-0.05, 0) is 68.7 Å². The van der Waals surface area contributed by atoms with Crippen LogP contribution in [0.4, 0.5) is 25.2 Å². The third-order valence-electron chi connectivity index (χ3n) is 5.55. The van der Waals surface area contributed by atoms with Gasteiger partial charge in [-0.2, -0.15) is 4.98 Å². The fourth-order valence-corrected chi connectivity index (χ4v) is 3.63. The van der Waals surface area contributed by atoms with Gasteiger partial charge in [0.2, 0.25) is 5.95 Å². The number of aromatic amines is 1. The summed E-state index contributed by atoms with van der Waals surface area (Å²) >= 11 is 0. The van der Waals surface area contributed by atoms with Crippen LogP contribution in [0.2, 0.25) is 0 Å². The Morgan fingerprint density at radius 1 is 1.03 bits per heavy atom. The number of nitrogens with one attached hydrogen (secondary N) is 3. The van der Waals surface area contributed by atoms with Gasteiger partial charge < -0.3 is 21.8 Å². The number of aryl methyl sites for hydroxylation is 1. The summed E-state index contributed by atoms with van der Waals surface area (Å²) in [4.78, 5) is 33.7. The number of halogens is 2. The van der Waals surface area contributed by atoms with Crippen molar-refractivity contribution in [2.24, 2.45) is 11.5 Å². The van der Waals surface area contributed by atoms with Crippen molar-refractivity contribution in [3.63, 3.8) is 0 Å². The maximum atomic E-state index is 13.9. The topological polar surface area (TPSA) is 142 Å². The number of nitrogens with two attached hydrogens (primary N) is 2. The van der Waals surface area contributed by atoms with Gasteiger partial charge >= 0.3 is 6.03 Å². The first-order valence-electron chi connectivity index (χ1n) is 11.7. The van der Waals surface area contributed by atoms with E-state index in [1.54, 1.807) is 0 Å². The minimum absolute atomic E-state index is 0.118. The van der Waals surface area contributed by atoms with Crippen molar-refractivity contribution < 1.29 is 13.6 Å². The molecule has 2 aromatic carbocycles. The summed E-state index contributed by atoms with van der Waals surface area (Å²) in [6, 6.07) is 8.59. The highest BCUT2D eigenvalue weighted by Crippen LogP contribution is 2.20. The van der Waals surface area contributed by atoms with Crippen LogP contribution >= 0.6 is 0 Å². The van der Waals surface area contributed by atoms with Crippen LogP contribution in [-0.2, 0) is 6.54 Å². The smallest absolute Gasteiger partial charge is 0.326 e. The van der Waals surface area contributed by atoms with Crippen molar-refractivity contribution in [2.45, 2.75) is 26.3 Å². The lowest BCUT2D eigenvalue weighted by atomic mass is 10.1. The molecule has 0 aliphatic rings. The van der Waals surface area contributed by atoms with Crippen LogP contribution < -0.4 is 27.7 Å². The van der Waals surface area contributed by atoms with Crippen LogP contribution in [0, 0.1) is 18.6 Å². The molecule has 1 heterocycles. The summed E-state index contributed by atoms with van der Waals surface area (Å²) in [6.07, 6.45) is 3.25. The highest BCUT2D eigenvalue weighted by molar-refractivity contribution is 5.98. The fraction of sp³-hybridized carbons (Fsp3) is 0.320. The number of rotatable bonds is 11. The lowest BCUT2D eigenvalue weighted by molar-refractivity contribution is 0.262. The normalized spacial score (nSPS) is 11.1. The van der Waals surface area contributed by atoms with E-state index in [-0.39, 0.29) is 17.2 Å². The Hall–Kier alpha value is -3.67. The van der Waals surface area contributed by atoms with Crippen LogP contribution in [0.5, 0.6) is 0 Å². The van der Waals surface area contributed by atoms with E-state index in [1.807, 2.05) is 24.3 Å². The number of benzene rings is 2. The van der Waals surface area contributed by atoms with Crippen LogP contribution in [-0.4, -0.2) is 47.1 Å². The van der Waals surface area contributed by atoms with E-state index in [0.717, 1.165) is 38.0 Å². The molecule has 192 valence electrons. The van der Waals surface area contributed by atoms with Gasteiger partial charge in [-0.3, -0.25) is 15.0 Å². The van der Waals surface area contributed by atoms with E-state index >= 15 is 0 Å². The lowest BCUT2D eigenvalue weighted by Crippen LogP contribution is -2.28. The van der Waals surface area contributed by atoms with E-state index in [9.17, 15) is 18.4 Å². The van der Waals surface area contributed by atoms with Crippen LogP contribution in [0.3, 0.4) is 0 Å². The molecule has 0 fully saturated rings. The summed E-state index contributed by atoms with van der Waals surface area (Å²) < 4.78 is 27.3. The number of H-pyrrole nitrogens is 1. The molecule has 0 aliphatic carbocycles. The monoisotopic (exact) mass is 499 g/mol. The zero-order valence-electron chi connectivity index (χ0n) is 20.1. The molecule has 9 nitrogen and oxygen atoms in total. The largest absolute Gasteiger partial charge is 0.331 e. The number of amides is 2. The Kier molecular flexibility index (Phi) is 9.62. The molecule has 0 radical (unpaired) electrons. The molecule has 36 heavy (non-hydrogen) atoms. The quantitative estimate of drug-likeness (QED) is 0.274. The van der Waals surface area contributed by atoms with Crippen molar-refractivity contribution in [1.29, 1.82) is 0 Å². The Morgan fingerprint density at radius 3 is 2.31 bits per heavy atom. The minimum Gasteiger partial charge on any atom is -0.331 e. The Labute approximate surface area is 207 Å². The number of aromatic nitrogens is 2. The molecule has 0 saturated heterocycles. The highest BCUT2D eigenvalue weighted by Gasteiger charge is 2.13. The molecule has 0 spiro atoms. The van der Waals surface area contributed by atoms with E-state index in [1.165, 1.54) is 19.2 Å². The second-order valence-corrected chi connectivity index (χ2v) is 8.39. The third kappa shape index (κ3) is 7.41. The van der Waals surface area contributed by atoms with Crippen molar-refractivity contribution >= 4 is 17.7 Å². The van der Waals surface area contributed by atoms with E-state index in [4.69, 9.17) is 11.5 Å². The average Bonchev–Trinajstić information content (AvgIpc) is 2.85. The van der Waals surface area contributed by atoms with Crippen LogP contribution in [0.1, 0.15) is 24.0 Å². The zero-order valence-corrected chi connectivity index (χ0v) is 20.1. The van der Waals surface area contributed by atoms with Crippen molar-refractivity contribution in [2.75, 3.05) is 36.8 Å². The first-order chi connectivity index (χ1) is 17.3. The second kappa shape index (κ2) is 12.9. The number of anilines is 2. The summed E-state index contributed by atoms with van der Waals surface area (Å²) in [7, 11) is 0. The minimum atomic E-state index is -0.921. The standard InChI is InChI=1S/C25H31F2N7O2/c1-16-12-22(21(27)13-20(16)26)31-25(36)33-24-30-14-19(23(35)32-24)18-6-4-17(5-7-18)15-34(10-2-8-28)11-3-9-29/h4-7,12-14H,2-3,8-11,15,28-29H2,1H3,(H3,30,31,32,33,35,36). The van der Waals surface area contributed by atoms with Crippen LogP contribution in [0.15, 0.2) is 47.4 Å². The number of carbonyl (C=O) groups is 1. The molecule has 0 saturated carbocycles. The third-order valence-corrected chi connectivity index (χ3v) is 5.55. The van der Waals surface area contributed by atoms with Crippen molar-refractivity contribution in [3.8, 4) is 11.1 Å². The molecular formula is C25H31F2N7O2. The Balaban J connectivity index is 1.65. The molecule has 3 rings (SSSR count). The number of urea groups is 1. The van der Waals surface area contributed by atoms with Gasteiger partial charge in [0.1, 0.15) is 11.6 Å². The van der Waals surface area contributed by atoms with Gasteiger partial charge in [0.05, 0.1) is 11.3 Å². The maximum absolute atomic E-state index is 13.9. The van der Waals surface area contributed by atoms with E-state index in [2.05, 4.69) is 25.5 Å². The summed E-state index contributed by atoms with van der Waals surface area (Å²) in [6.45, 7) is 5.23. The predicted octanol–water partition coefficient (Wildman–Crippen LogP) is 3.17. The zero-order chi connectivity index (χ0) is 26.1. The molecule has 0 bridgehead atoms. The molecule has 0 atom stereocenters. The summed E-state index contributed by atoms with van der Waals surface area (Å²) in [5.74, 6) is -1.76. The van der Waals surface area contributed by atoms with Crippen molar-refractivity contribution in [1.82, 2.24) is 14.9 Å². The van der Waals surface area contributed by atoms with Gasteiger partial charge in [0.15, 0.2) is 0 Å². The van der Waals surface area contributed by atoms with Crippen molar-refractivity contribution in [3.05, 3.63) is 75.7 Å². The van der Waals surface area contributed by atoms with Gasteiger partial charge in [0.25, 0.3) is 5.56 Å². The van der Waals surface area contributed by atoms with Gasteiger partial charge in [-0.15, -0.1) is 0 Å². The van der Waals surface area contributed by atoms with Gasteiger partial charge in [-0.25, -0.2) is 13.6 Å². The molecule has 0 aliphatic heterocycles. The number of hydrogen-bond acceptors (Lipinski definition) is 6. The first kappa shape index (κ1) is 26.9. The van der Waals surface area contributed by atoms with Crippen LogP contribution in [0.25, 0.3) is 11.1 Å². The Morgan fingerprint density at radius 2 is 1.69 bits per heavy atom. The molecule has 11 heteroatoms. The lowest BCUT2D eigenvalue weighted by Gasteiger charge is -2.22. The van der Waals surface area contributed by atoms with Gasteiger partial charge in [-0.1, -0.05) is 24.3 Å². The second-order valence-electron chi connectivity index (χ2n) is 8.39. The number of carbonyl (C=O) groups excluding carboxylic acids is 1. The molecule has 0 unspecified atom stereocenters. The molecular weight excluding hydrogens is 468 g/mol. The average molecular weight is 500 g/mol. The number of nitrogens with zero attached hydrogens (tertiary/aromatic N) is 2. The van der Waals surface area contributed by atoms with E-state index < -0.39 is 23.2 Å². The fourth-order valence-electron chi connectivity index (χ4n) is 3.63.